The van der Waals surface area contributed by atoms with E-state index < -0.39 is 0 Å². The van der Waals surface area contributed by atoms with Crippen molar-refractivity contribution >= 4 is 0 Å². The number of benzene rings is 1. The van der Waals surface area contributed by atoms with Crippen LogP contribution in [0.15, 0.2) is 48.8 Å². The van der Waals surface area contributed by atoms with Gasteiger partial charge in [0.1, 0.15) is 5.75 Å². The van der Waals surface area contributed by atoms with E-state index >= 15 is 0 Å². The van der Waals surface area contributed by atoms with Crippen molar-refractivity contribution in [1.82, 2.24) is 10.3 Å². The molecule has 1 aromatic heterocycles. The molecule has 0 saturated heterocycles. The van der Waals surface area contributed by atoms with Gasteiger partial charge in [-0.25, -0.2) is 0 Å². The molecule has 0 bridgehead atoms. The standard InChI is InChI=1S/C18H22N2O/c1-3-20-18(14-9-15(21-2)12-19-11-14)17-10-16(17)13-7-5-4-6-8-13/h4-9,11-12,16-18,20H,3,10H2,1-2H3. The van der Waals surface area contributed by atoms with Gasteiger partial charge in [0, 0.05) is 12.2 Å². The molecule has 0 spiro atoms. The normalized spacial score (nSPS) is 21.8. The molecule has 1 aromatic carbocycles. The first-order valence-corrected chi connectivity index (χ1v) is 7.60. The van der Waals surface area contributed by atoms with Gasteiger partial charge >= 0.3 is 0 Å². The van der Waals surface area contributed by atoms with Crippen LogP contribution in [0.2, 0.25) is 0 Å². The molecule has 1 heterocycles. The second-order valence-electron chi connectivity index (χ2n) is 5.61. The topological polar surface area (TPSA) is 34.2 Å². The highest BCUT2D eigenvalue weighted by molar-refractivity contribution is 5.32. The number of aromatic nitrogens is 1. The first kappa shape index (κ1) is 14.1. The van der Waals surface area contributed by atoms with Crippen LogP contribution in [0, 0.1) is 5.92 Å². The molecule has 1 aliphatic rings. The molecule has 0 amide bonds. The van der Waals surface area contributed by atoms with Crippen LogP contribution >= 0.6 is 0 Å². The third-order valence-electron chi connectivity index (χ3n) is 4.25. The number of methoxy groups -OCH3 is 1. The smallest absolute Gasteiger partial charge is 0.137 e. The molecule has 3 unspecified atom stereocenters. The van der Waals surface area contributed by atoms with Gasteiger partial charge in [0.05, 0.1) is 13.3 Å². The fourth-order valence-corrected chi connectivity index (χ4v) is 3.12. The van der Waals surface area contributed by atoms with Gasteiger partial charge in [-0.1, -0.05) is 37.3 Å². The van der Waals surface area contributed by atoms with Crippen molar-refractivity contribution in [2.75, 3.05) is 13.7 Å². The van der Waals surface area contributed by atoms with Crippen LogP contribution in [-0.4, -0.2) is 18.6 Å². The molecule has 3 atom stereocenters. The summed E-state index contributed by atoms with van der Waals surface area (Å²) in [6, 6.07) is 13.2. The molecule has 1 N–H and O–H groups in total. The van der Waals surface area contributed by atoms with Gasteiger partial charge in [-0.15, -0.1) is 0 Å². The van der Waals surface area contributed by atoms with Crippen molar-refractivity contribution in [2.45, 2.75) is 25.3 Å². The SMILES string of the molecule is CCNC(c1cncc(OC)c1)C1CC1c1ccccc1. The second-order valence-corrected chi connectivity index (χ2v) is 5.61. The summed E-state index contributed by atoms with van der Waals surface area (Å²) in [6.45, 7) is 3.11. The lowest BCUT2D eigenvalue weighted by atomic mass is 10.00. The quantitative estimate of drug-likeness (QED) is 0.880. The van der Waals surface area contributed by atoms with Gasteiger partial charge in [0.25, 0.3) is 0 Å². The van der Waals surface area contributed by atoms with Gasteiger partial charge < -0.3 is 10.1 Å². The molecular formula is C18H22N2O. The molecule has 110 valence electrons. The molecular weight excluding hydrogens is 260 g/mol. The number of rotatable bonds is 6. The van der Waals surface area contributed by atoms with E-state index in [1.807, 2.05) is 6.20 Å². The van der Waals surface area contributed by atoms with Crippen LogP contribution < -0.4 is 10.1 Å². The number of hydrogen-bond acceptors (Lipinski definition) is 3. The largest absolute Gasteiger partial charge is 0.495 e. The molecule has 0 radical (unpaired) electrons. The number of hydrogen-bond donors (Lipinski definition) is 1. The van der Waals surface area contributed by atoms with Crippen LogP contribution in [0.3, 0.4) is 0 Å². The maximum absolute atomic E-state index is 5.30. The predicted octanol–water partition coefficient (Wildman–Crippen LogP) is 3.54. The van der Waals surface area contributed by atoms with E-state index in [0.29, 0.717) is 17.9 Å². The van der Waals surface area contributed by atoms with Crippen molar-refractivity contribution in [3.8, 4) is 5.75 Å². The first-order valence-electron chi connectivity index (χ1n) is 7.60. The summed E-state index contributed by atoms with van der Waals surface area (Å²) in [7, 11) is 1.69. The molecule has 3 rings (SSSR count). The van der Waals surface area contributed by atoms with E-state index in [4.69, 9.17) is 4.74 Å². The molecule has 1 aliphatic carbocycles. The molecule has 1 fully saturated rings. The summed E-state index contributed by atoms with van der Waals surface area (Å²) >= 11 is 0. The van der Waals surface area contributed by atoms with Gasteiger partial charge in [-0.3, -0.25) is 4.98 Å². The Morgan fingerprint density at radius 1 is 1.29 bits per heavy atom. The highest BCUT2D eigenvalue weighted by atomic mass is 16.5. The number of nitrogens with one attached hydrogen (secondary N) is 1. The molecule has 3 heteroatoms. The Morgan fingerprint density at radius 2 is 2.10 bits per heavy atom. The summed E-state index contributed by atoms with van der Waals surface area (Å²) in [5.41, 5.74) is 2.67. The highest BCUT2D eigenvalue weighted by Gasteiger charge is 2.44. The maximum Gasteiger partial charge on any atom is 0.137 e. The van der Waals surface area contributed by atoms with E-state index in [1.54, 1.807) is 13.3 Å². The van der Waals surface area contributed by atoms with E-state index in [9.17, 15) is 0 Å². The molecule has 2 aromatic rings. The zero-order valence-electron chi connectivity index (χ0n) is 12.6. The minimum atomic E-state index is 0.350. The van der Waals surface area contributed by atoms with Crippen LogP contribution in [0.5, 0.6) is 5.75 Å². The Bertz CT molecular complexity index is 585. The van der Waals surface area contributed by atoms with Crippen LogP contribution in [-0.2, 0) is 0 Å². The lowest BCUT2D eigenvalue weighted by Gasteiger charge is -2.19. The summed E-state index contributed by atoms with van der Waals surface area (Å²) < 4.78 is 5.30. The van der Waals surface area contributed by atoms with Crippen LogP contribution in [0.1, 0.15) is 36.4 Å². The minimum Gasteiger partial charge on any atom is -0.495 e. The Morgan fingerprint density at radius 3 is 2.81 bits per heavy atom. The third kappa shape index (κ3) is 3.08. The summed E-state index contributed by atoms with van der Waals surface area (Å²) in [5.74, 6) is 2.12. The maximum atomic E-state index is 5.30. The molecule has 0 aliphatic heterocycles. The third-order valence-corrected chi connectivity index (χ3v) is 4.25. The van der Waals surface area contributed by atoms with E-state index in [0.717, 1.165) is 12.3 Å². The van der Waals surface area contributed by atoms with E-state index in [2.05, 4.69) is 53.6 Å². The van der Waals surface area contributed by atoms with Crippen LogP contribution in [0.25, 0.3) is 0 Å². The Labute approximate surface area is 126 Å². The first-order chi connectivity index (χ1) is 10.3. The monoisotopic (exact) mass is 282 g/mol. The van der Waals surface area contributed by atoms with Crippen LogP contribution in [0.4, 0.5) is 0 Å². The summed E-state index contributed by atoms with van der Waals surface area (Å²) in [4.78, 5) is 4.30. The van der Waals surface area contributed by atoms with Crippen molar-refractivity contribution < 1.29 is 4.74 Å². The Hall–Kier alpha value is -1.87. The second kappa shape index (κ2) is 6.27. The average molecular weight is 282 g/mol. The van der Waals surface area contributed by atoms with Crippen molar-refractivity contribution in [3.63, 3.8) is 0 Å². The van der Waals surface area contributed by atoms with Gasteiger partial charge in [-0.2, -0.15) is 0 Å². The number of ether oxygens (including phenoxy) is 1. The predicted molar refractivity (Wildman–Crippen MR) is 84.5 cm³/mol. The zero-order valence-corrected chi connectivity index (χ0v) is 12.6. The van der Waals surface area contributed by atoms with Crippen molar-refractivity contribution in [2.24, 2.45) is 5.92 Å². The molecule has 1 saturated carbocycles. The van der Waals surface area contributed by atoms with E-state index in [-0.39, 0.29) is 0 Å². The lowest BCUT2D eigenvalue weighted by molar-refractivity contribution is 0.409. The number of nitrogens with zero attached hydrogens (tertiary/aromatic N) is 1. The van der Waals surface area contributed by atoms with Gasteiger partial charge in [-0.05, 0) is 42.0 Å². The van der Waals surface area contributed by atoms with Crippen molar-refractivity contribution in [1.29, 1.82) is 0 Å². The van der Waals surface area contributed by atoms with Crippen molar-refractivity contribution in [3.05, 3.63) is 59.9 Å². The average Bonchev–Trinajstić information content (AvgIpc) is 3.34. The van der Waals surface area contributed by atoms with E-state index in [1.165, 1.54) is 17.5 Å². The molecule has 3 nitrogen and oxygen atoms in total. The number of pyridine rings is 1. The Balaban J connectivity index is 1.80. The summed E-state index contributed by atoms with van der Waals surface area (Å²) in [5, 5.41) is 3.62. The fourth-order valence-electron chi connectivity index (χ4n) is 3.12. The highest BCUT2D eigenvalue weighted by Crippen LogP contribution is 2.54. The fraction of sp³-hybridized carbons (Fsp3) is 0.389. The van der Waals surface area contributed by atoms with Gasteiger partial charge in [0.2, 0.25) is 0 Å². The summed E-state index contributed by atoms with van der Waals surface area (Å²) in [6.07, 6.45) is 4.95. The zero-order chi connectivity index (χ0) is 14.7. The Kier molecular flexibility index (Phi) is 4.20. The van der Waals surface area contributed by atoms with Gasteiger partial charge in [0.15, 0.2) is 0 Å². The lowest BCUT2D eigenvalue weighted by Crippen LogP contribution is -2.23. The minimum absolute atomic E-state index is 0.350. The molecule has 21 heavy (non-hydrogen) atoms.